The number of carbonyl (C=O) groups excluding carboxylic acids is 1. The van der Waals surface area contributed by atoms with Crippen LogP contribution in [0.15, 0.2) is 91.0 Å². The van der Waals surface area contributed by atoms with Gasteiger partial charge in [0.15, 0.2) is 0 Å². The second kappa shape index (κ2) is 10.6. The first-order valence-corrected chi connectivity index (χ1v) is 11.8. The summed E-state index contributed by atoms with van der Waals surface area (Å²) in [6.07, 6.45) is 2.67. The Morgan fingerprint density at radius 1 is 0.844 bits per heavy atom. The van der Waals surface area contributed by atoms with Crippen molar-refractivity contribution >= 4 is 5.97 Å². The molecule has 0 aliphatic carbocycles. The van der Waals surface area contributed by atoms with Gasteiger partial charge >= 0.3 is 5.97 Å². The van der Waals surface area contributed by atoms with Gasteiger partial charge in [0.05, 0.1) is 12.0 Å². The monoisotopic (exact) mass is 427 g/mol. The molecule has 0 saturated carbocycles. The van der Waals surface area contributed by atoms with Crippen molar-refractivity contribution in [3.05, 3.63) is 108 Å². The van der Waals surface area contributed by atoms with Crippen molar-refractivity contribution < 1.29 is 9.53 Å². The smallest absolute Gasteiger partial charge is 0.316 e. The van der Waals surface area contributed by atoms with Crippen molar-refractivity contribution in [3.63, 3.8) is 0 Å². The van der Waals surface area contributed by atoms with Gasteiger partial charge in [-0.05, 0) is 62.5 Å². The van der Waals surface area contributed by atoms with Crippen LogP contribution in [0.4, 0.5) is 0 Å². The highest BCUT2D eigenvalue weighted by atomic mass is 16.5. The van der Waals surface area contributed by atoms with Crippen LogP contribution in [0.25, 0.3) is 0 Å². The Morgan fingerprint density at radius 2 is 1.34 bits per heavy atom. The first kappa shape index (κ1) is 22.3. The SMILES string of the molecule is CCOC(=O)C1(c2ccccc2)CCN(CCC(c2ccccc2)c2ccccc2)CC1. The largest absolute Gasteiger partial charge is 0.465 e. The fraction of sp³-hybridized carbons (Fsp3) is 0.345. The summed E-state index contributed by atoms with van der Waals surface area (Å²) in [6.45, 7) is 5.14. The number of nitrogens with zero attached hydrogens (tertiary/aromatic N) is 1. The fourth-order valence-electron chi connectivity index (χ4n) is 5.00. The van der Waals surface area contributed by atoms with Gasteiger partial charge < -0.3 is 9.64 Å². The van der Waals surface area contributed by atoms with Gasteiger partial charge in [-0.15, -0.1) is 0 Å². The van der Waals surface area contributed by atoms with Crippen molar-refractivity contribution in [2.24, 2.45) is 0 Å². The Bertz CT molecular complexity index is 924. The third-order valence-corrected chi connectivity index (χ3v) is 6.84. The Hall–Kier alpha value is -2.91. The van der Waals surface area contributed by atoms with E-state index in [4.69, 9.17) is 4.74 Å². The minimum absolute atomic E-state index is 0.0719. The number of ether oxygens (including phenoxy) is 1. The van der Waals surface area contributed by atoms with Crippen LogP contribution in [0.1, 0.15) is 48.8 Å². The van der Waals surface area contributed by atoms with Crippen LogP contribution in [0.2, 0.25) is 0 Å². The summed E-state index contributed by atoms with van der Waals surface area (Å²) in [4.78, 5) is 15.5. The lowest BCUT2D eigenvalue weighted by atomic mass is 9.72. The van der Waals surface area contributed by atoms with Crippen LogP contribution in [0, 0.1) is 0 Å². The maximum absolute atomic E-state index is 13.0. The van der Waals surface area contributed by atoms with Crippen LogP contribution < -0.4 is 0 Å². The average molecular weight is 428 g/mol. The molecule has 1 saturated heterocycles. The zero-order valence-electron chi connectivity index (χ0n) is 19.0. The Kier molecular flexibility index (Phi) is 7.39. The molecule has 166 valence electrons. The van der Waals surface area contributed by atoms with Gasteiger partial charge in [0.2, 0.25) is 0 Å². The van der Waals surface area contributed by atoms with Crippen LogP contribution in [-0.4, -0.2) is 37.1 Å². The van der Waals surface area contributed by atoms with Crippen molar-refractivity contribution in [3.8, 4) is 0 Å². The Balaban J connectivity index is 1.46. The number of piperidine rings is 1. The highest BCUT2D eigenvalue weighted by Gasteiger charge is 2.44. The van der Waals surface area contributed by atoms with E-state index >= 15 is 0 Å². The molecule has 3 aromatic carbocycles. The molecule has 3 aromatic rings. The van der Waals surface area contributed by atoms with Crippen molar-refractivity contribution in [1.82, 2.24) is 4.90 Å². The molecule has 0 aromatic heterocycles. The molecule has 0 radical (unpaired) electrons. The minimum atomic E-state index is -0.522. The lowest BCUT2D eigenvalue weighted by Crippen LogP contribution is -2.48. The van der Waals surface area contributed by atoms with Gasteiger partial charge in [0, 0.05) is 5.92 Å². The molecule has 3 nitrogen and oxygen atoms in total. The molecular formula is C29H33NO2. The summed E-state index contributed by atoms with van der Waals surface area (Å²) >= 11 is 0. The predicted molar refractivity (Wildman–Crippen MR) is 130 cm³/mol. The second-order valence-corrected chi connectivity index (χ2v) is 8.67. The van der Waals surface area contributed by atoms with Crippen LogP contribution >= 0.6 is 0 Å². The van der Waals surface area contributed by atoms with Crippen molar-refractivity contribution in [1.29, 1.82) is 0 Å². The number of rotatable bonds is 8. The van der Waals surface area contributed by atoms with E-state index in [1.165, 1.54) is 11.1 Å². The molecule has 0 N–H and O–H groups in total. The lowest BCUT2D eigenvalue weighted by molar-refractivity contribution is -0.152. The van der Waals surface area contributed by atoms with E-state index in [1.54, 1.807) is 0 Å². The predicted octanol–water partition coefficient (Wildman–Crippen LogP) is 5.81. The molecule has 1 fully saturated rings. The maximum Gasteiger partial charge on any atom is 0.316 e. The molecular weight excluding hydrogens is 394 g/mol. The number of hydrogen-bond donors (Lipinski definition) is 0. The highest BCUT2D eigenvalue weighted by molar-refractivity contribution is 5.83. The normalized spacial score (nSPS) is 16.1. The number of carbonyl (C=O) groups is 1. The van der Waals surface area contributed by atoms with Crippen molar-refractivity contribution in [2.45, 2.75) is 37.5 Å². The molecule has 1 heterocycles. The number of esters is 1. The molecule has 0 atom stereocenters. The molecule has 0 bridgehead atoms. The van der Waals surface area contributed by atoms with Gasteiger partial charge in [-0.3, -0.25) is 4.79 Å². The van der Waals surface area contributed by atoms with E-state index in [9.17, 15) is 4.79 Å². The van der Waals surface area contributed by atoms with E-state index in [0.29, 0.717) is 12.5 Å². The fourth-order valence-corrected chi connectivity index (χ4v) is 5.00. The lowest BCUT2D eigenvalue weighted by Gasteiger charge is -2.40. The molecule has 4 rings (SSSR count). The summed E-state index contributed by atoms with van der Waals surface area (Å²) in [7, 11) is 0. The second-order valence-electron chi connectivity index (χ2n) is 8.67. The maximum atomic E-state index is 13.0. The first-order chi connectivity index (χ1) is 15.7. The molecule has 0 spiro atoms. The van der Waals surface area contributed by atoms with E-state index in [0.717, 1.165) is 44.5 Å². The van der Waals surface area contributed by atoms with Gasteiger partial charge in [0.1, 0.15) is 0 Å². The molecule has 1 aliphatic rings. The molecule has 32 heavy (non-hydrogen) atoms. The highest BCUT2D eigenvalue weighted by Crippen LogP contribution is 2.37. The molecule has 0 unspecified atom stereocenters. The third kappa shape index (κ3) is 4.94. The summed E-state index contributed by atoms with van der Waals surface area (Å²) in [5.74, 6) is 0.306. The Morgan fingerprint density at radius 3 is 1.84 bits per heavy atom. The summed E-state index contributed by atoms with van der Waals surface area (Å²) in [5.41, 5.74) is 3.29. The molecule has 3 heteroatoms. The van der Waals surface area contributed by atoms with E-state index in [1.807, 2.05) is 25.1 Å². The summed E-state index contributed by atoms with van der Waals surface area (Å²) in [6, 6.07) is 31.8. The molecule has 0 amide bonds. The van der Waals surface area contributed by atoms with Gasteiger partial charge in [0.25, 0.3) is 0 Å². The quantitative estimate of drug-likeness (QED) is 0.425. The van der Waals surface area contributed by atoms with Crippen LogP contribution in [0.5, 0.6) is 0 Å². The summed E-state index contributed by atoms with van der Waals surface area (Å²) < 4.78 is 5.53. The van der Waals surface area contributed by atoms with E-state index in [-0.39, 0.29) is 5.97 Å². The Labute approximate surface area is 192 Å². The average Bonchev–Trinajstić information content (AvgIpc) is 2.86. The standard InChI is InChI=1S/C29H33NO2/c1-2-32-28(31)29(26-16-10-5-11-17-26)19-22-30(23-20-29)21-18-27(24-12-6-3-7-13-24)25-14-8-4-9-15-25/h3-17,27H,2,18-23H2,1H3. The van der Waals surface area contributed by atoms with E-state index in [2.05, 4.69) is 77.7 Å². The van der Waals surface area contributed by atoms with Gasteiger partial charge in [-0.2, -0.15) is 0 Å². The minimum Gasteiger partial charge on any atom is -0.465 e. The van der Waals surface area contributed by atoms with Crippen LogP contribution in [0.3, 0.4) is 0 Å². The number of likely N-dealkylation sites (tertiary alicyclic amines) is 1. The topological polar surface area (TPSA) is 29.5 Å². The van der Waals surface area contributed by atoms with Gasteiger partial charge in [-0.1, -0.05) is 91.0 Å². The number of hydrogen-bond acceptors (Lipinski definition) is 3. The zero-order chi connectivity index (χ0) is 22.2. The van der Waals surface area contributed by atoms with Gasteiger partial charge in [-0.25, -0.2) is 0 Å². The summed E-state index contributed by atoms with van der Waals surface area (Å²) in [5, 5.41) is 0. The van der Waals surface area contributed by atoms with Crippen LogP contribution in [-0.2, 0) is 14.9 Å². The third-order valence-electron chi connectivity index (χ3n) is 6.84. The number of benzene rings is 3. The van der Waals surface area contributed by atoms with Crippen molar-refractivity contribution in [2.75, 3.05) is 26.2 Å². The van der Waals surface area contributed by atoms with E-state index < -0.39 is 5.41 Å². The zero-order valence-corrected chi connectivity index (χ0v) is 19.0. The first-order valence-electron chi connectivity index (χ1n) is 11.8. The molecule has 1 aliphatic heterocycles.